The summed E-state index contributed by atoms with van der Waals surface area (Å²) >= 11 is 2.09. The molecule has 0 radical (unpaired) electrons. The zero-order valence-corrected chi connectivity index (χ0v) is 9.20. The second-order valence-electron chi connectivity index (χ2n) is 2.41. The van der Waals surface area contributed by atoms with Gasteiger partial charge >= 0.3 is 0 Å². The molecule has 0 aromatic heterocycles. The summed E-state index contributed by atoms with van der Waals surface area (Å²) in [7, 11) is 1.52. The summed E-state index contributed by atoms with van der Waals surface area (Å²) in [5, 5.41) is 17.7. The van der Waals surface area contributed by atoms with Gasteiger partial charge in [-0.25, -0.2) is 0 Å². The molecule has 0 aliphatic carbocycles. The summed E-state index contributed by atoms with van der Waals surface area (Å²) in [6, 6.07) is 5.39. The zero-order chi connectivity index (χ0) is 9.84. The minimum Gasteiger partial charge on any atom is -0.495 e. The third kappa shape index (κ3) is 2.11. The Hall–Kier alpha value is -0.800. The lowest BCUT2D eigenvalue weighted by atomic mass is 10.1. The van der Waals surface area contributed by atoms with E-state index >= 15 is 0 Å². The lowest BCUT2D eigenvalue weighted by Crippen LogP contribution is -1.94. The van der Waals surface area contributed by atoms with Crippen molar-refractivity contribution in [2.45, 2.75) is 6.61 Å². The van der Waals surface area contributed by atoms with Crippen LogP contribution >= 0.6 is 22.6 Å². The van der Waals surface area contributed by atoms with Gasteiger partial charge in [0.25, 0.3) is 0 Å². The third-order valence-corrected chi connectivity index (χ3v) is 2.66. The number of nitriles is 1. The Morgan fingerprint density at radius 1 is 1.62 bits per heavy atom. The second-order valence-corrected chi connectivity index (χ2v) is 3.58. The first kappa shape index (κ1) is 10.3. The molecule has 13 heavy (non-hydrogen) atoms. The van der Waals surface area contributed by atoms with E-state index in [-0.39, 0.29) is 6.61 Å². The number of rotatable bonds is 2. The molecule has 68 valence electrons. The smallest absolute Gasteiger partial charge is 0.137 e. The van der Waals surface area contributed by atoms with Crippen molar-refractivity contribution >= 4 is 22.6 Å². The summed E-state index contributed by atoms with van der Waals surface area (Å²) in [4.78, 5) is 0. The fourth-order valence-corrected chi connectivity index (χ4v) is 1.59. The summed E-state index contributed by atoms with van der Waals surface area (Å²) < 4.78 is 5.91. The van der Waals surface area contributed by atoms with Crippen LogP contribution in [0.25, 0.3) is 0 Å². The van der Waals surface area contributed by atoms with Gasteiger partial charge in [0.1, 0.15) is 11.8 Å². The van der Waals surface area contributed by atoms with Crippen molar-refractivity contribution in [2.75, 3.05) is 7.11 Å². The van der Waals surface area contributed by atoms with Crippen LogP contribution in [0.5, 0.6) is 5.75 Å². The standard InChI is InChI=1S/C9H8INO2/c1-13-9-3-8(10)7(5-12)2-6(9)4-11/h2-3,12H,5H2,1H3. The van der Waals surface area contributed by atoms with Crippen LogP contribution in [0.2, 0.25) is 0 Å². The molecule has 0 saturated carbocycles. The predicted molar refractivity (Wildman–Crippen MR) is 56.3 cm³/mol. The SMILES string of the molecule is COc1cc(I)c(CO)cc1C#N. The number of aliphatic hydroxyl groups excluding tert-OH is 1. The molecule has 4 heteroatoms. The summed E-state index contributed by atoms with van der Waals surface area (Å²) in [5.41, 5.74) is 1.20. The molecule has 0 unspecified atom stereocenters. The fourth-order valence-electron chi connectivity index (χ4n) is 0.977. The van der Waals surface area contributed by atoms with Crippen LogP contribution in [0.3, 0.4) is 0 Å². The second kappa shape index (κ2) is 4.44. The Bertz CT molecular complexity index is 357. The minimum atomic E-state index is -0.0586. The number of aliphatic hydroxyl groups is 1. The number of hydrogen-bond donors (Lipinski definition) is 1. The number of hydrogen-bond acceptors (Lipinski definition) is 3. The molecule has 1 N–H and O–H groups in total. The van der Waals surface area contributed by atoms with Gasteiger partial charge < -0.3 is 9.84 Å². The topological polar surface area (TPSA) is 53.2 Å². The maximum absolute atomic E-state index is 8.95. The molecule has 0 aliphatic heterocycles. The molecule has 0 spiro atoms. The average Bonchev–Trinajstić information content (AvgIpc) is 2.17. The van der Waals surface area contributed by atoms with E-state index in [0.717, 1.165) is 9.13 Å². The maximum Gasteiger partial charge on any atom is 0.137 e. The van der Waals surface area contributed by atoms with Gasteiger partial charge in [-0.05, 0) is 40.3 Å². The maximum atomic E-state index is 8.95. The van der Waals surface area contributed by atoms with Gasteiger partial charge in [-0.1, -0.05) is 0 Å². The van der Waals surface area contributed by atoms with Crippen LogP contribution < -0.4 is 4.74 Å². The first-order valence-corrected chi connectivity index (χ1v) is 4.68. The lowest BCUT2D eigenvalue weighted by molar-refractivity contribution is 0.280. The van der Waals surface area contributed by atoms with E-state index in [1.165, 1.54) is 7.11 Å². The Balaban J connectivity index is 3.28. The van der Waals surface area contributed by atoms with Gasteiger partial charge in [0.15, 0.2) is 0 Å². The summed E-state index contributed by atoms with van der Waals surface area (Å²) in [6.45, 7) is -0.0586. The van der Waals surface area contributed by atoms with Gasteiger partial charge in [0.2, 0.25) is 0 Å². The number of nitrogens with zero attached hydrogens (tertiary/aromatic N) is 1. The average molecular weight is 289 g/mol. The van der Waals surface area contributed by atoms with Crippen LogP contribution in [-0.2, 0) is 6.61 Å². The van der Waals surface area contributed by atoms with Crippen molar-refractivity contribution < 1.29 is 9.84 Å². The first-order valence-electron chi connectivity index (χ1n) is 3.60. The normalized spacial score (nSPS) is 9.38. The molecule has 1 aromatic carbocycles. The van der Waals surface area contributed by atoms with Crippen LogP contribution in [-0.4, -0.2) is 12.2 Å². The van der Waals surface area contributed by atoms with Gasteiger partial charge in [0.05, 0.1) is 19.3 Å². The Kier molecular flexibility index (Phi) is 3.51. The highest BCUT2D eigenvalue weighted by molar-refractivity contribution is 14.1. The largest absolute Gasteiger partial charge is 0.495 e. The number of benzene rings is 1. The van der Waals surface area contributed by atoms with E-state index in [4.69, 9.17) is 15.1 Å². The fraction of sp³-hybridized carbons (Fsp3) is 0.222. The Morgan fingerprint density at radius 3 is 2.77 bits per heavy atom. The first-order chi connectivity index (χ1) is 6.22. The Labute approximate surface area is 90.1 Å². The quantitative estimate of drug-likeness (QED) is 0.842. The van der Waals surface area contributed by atoms with E-state index < -0.39 is 0 Å². The van der Waals surface area contributed by atoms with Gasteiger partial charge in [0, 0.05) is 3.57 Å². The van der Waals surface area contributed by atoms with Crippen LogP contribution in [0.1, 0.15) is 11.1 Å². The monoisotopic (exact) mass is 289 g/mol. The number of methoxy groups -OCH3 is 1. The van der Waals surface area contributed by atoms with Gasteiger partial charge in [-0.3, -0.25) is 0 Å². The lowest BCUT2D eigenvalue weighted by Gasteiger charge is -2.06. The van der Waals surface area contributed by atoms with Crippen LogP contribution in [0.15, 0.2) is 12.1 Å². The number of ether oxygens (including phenoxy) is 1. The predicted octanol–water partition coefficient (Wildman–Crippen LogP) is 1.66. The Morgan fingerprint density at radius 2 is 2.31 bits per heavy atom. The molecule has 3 nitrogen and oxygen atoms in total. The van der Waals surface area contributed by atoms with Crippen molar-refractivity contribution in [3.63, 3.8) is 0 Å². The number of halogens is 1. The van der Waals surface area contributed by atoms with Gasteiger partial charge in [-0.2, -0.15) is 5.26 Å². The summed E-state index contributed by atoms with van der Waals surface area (Å²) in [6.07, 6.45) is 0. The molecule has 1 aromatic rings. The molecule has 0 aliphatic rings. The summed E-state index contributed by atoms with van der Waals surface area (Å²) in [5.74, 6) is 0.545. The molecule has 0 fully saturated rings. The van der Waals surface area contributed by atoms with Crippen molar-refractivity contribution in [1.29, 1.82) is 5.26 Å². The van der Waals surface area contributed by atoms with Crippen LogP contribution in [0.4, 0.5) is 0 Å². The molecule has 0 amide bonds. The molecule has 0 saturated heterocycles. The highest BCUT2D eigenvalue weighted by Crippen LogP contribution is 2.24. The minimum absolute atomic E-state index is 0.0586. The van der Waals surface area contributed by atoms with Gasteiger partial charge in [-0.15, -0.1) is 0 Å². The van der Waals surface area contributed by atoms with E-state index in [9.17, 15) is 0 Å². The van der Waals surface area contributed by atoms with E-state index in [0.29, 0.717) is 11.3 Å². The molecule has 0 atom stereocenters. The van der Waals surface area contributed by atoms with Crippen molar-refractivity contribution in [2.24, 2.45) is 0 Å². The van der Waals surface area contributed by atoms with Crippen molar-refractivity contribution in [1.82, 2.24) is 0 Å². The molecular weight excluding hydrogens is 281 g/mol. The molecule has 0 heterocycles. The van der Waals surface area contributed by atoms with E-state index in [1.54, 1.807) is 12.1 Å². The molecule has 1 rings (SSSR count). The molecule has 0 bridgehead atoms. The highest BCUT2D eigenvalue weighted by atomic mass is 127. The molecular formula is C9H8INO2. The highest BCUT2D eigenvalue weighted by Gasteiger charge is 2.07. The van der Waals surface area contributed by atoms with E-state index in [1.807, 2.05) is 6.07 Å². The van der Waals surface area contributed by atoms with Crippen molar-refractivity contribution in [3.05, 3.63) is 26.8 Å². The van der Waals surface area contributed by atoms with Crippen LogP contribution in [0, 0.1) is 14.9 Å². The third-order valence-electron chi connectivity index (χ3n) is 1.66. The zero-order valence-electron chi connectivity index (χ0n) is 7.04. The van der Waals surface area contributed by atoms with Crippen molar-refractivity contribution in [3.8, 4) is 11.8 Å². The van der Waals surface area contributed by atoms with E-state index in [2.05, 4.69) is 22.6 Å².